The van der Waals surface area contributed by atoms with Crippen molar-refractivity contribution >= 4 is 25.0 Å². The lowest BCUT2D eigenvalue weighted by atomic mass is 10.2. The Morgan fingerprint density at radius 2 is 1.77 bits per heavy atom. The topological polar surface area (TPSA) is 139 Å². The van der Waals surface area contributed by atoms with Gasteiger partial charge in [0.2, 0.25) is 0 Å². The third kappa shape index (κ3) is 4.54. The van der Waals surface area contributed by atoms with Crippen molar-refractivity contribution in [2.24, 2.45) is 0 Å². The molecule has 0 fully saturated rings. The minimum atomic E-state index is -4.91. The molecule has 1 atom stereocenters. The first-order valence-electron chi connectivity index (χ1n) is 7.09. The van der Waals surface area contributed by atoms with Crippen LogP contribution in [-0.4, -0.2) is 34.0 Å². The molecule has 0 aromatic heterocycles. The lowest BCUT2D eigenvalue weighted by molar-refractivity contribution is -0.385. The molecule has 11 heteroatoms. The van der Waals surface area contributed by atoms with Gasteiger partial charge in [-0.3, -0.25) is 14.7 Å². The number of methoxy groups -OCH3 is 2. The number of hydrogen-bond acceptors (Lipinski definition) is 7. The lowest BCUT2D eigenvalue weighted by Gasteiger charge is -2.16. The molecular weight excluding hydrogens is 385 g/mol. The van der Waals surface area contributed by atoms with Crippen LogP contribution < -0.4 is 9.47 Å². The van der Waals surface area contributed by atoms with Gasteiger partial charge in [-0.2, -0.15) is 0 Å². The molecule has 1 unspecified atom stereocenters. The summed E-state index contributed by atoms with van der Waals surface area (Å²) in [6, 6.07) is 8.44. The van der Waals surface area contributed by atoms with Gasteiger partial charge in [-0.15, -0.1) is 0 Å². The van der Waals surface area contributed by atoms with Gasteiger partial charge in [0.05, 0.1) is 19.1 Å². The molecule has 0 saturated heterocycles. The second-order valence-electron chi connectivity index (χ2n) is 5.06. The zero-order valence-electron chi connectivity index (χ0n) is 13.7. The quantitative estimate of drug-likeness (QED) is 0.363. The Hall–Kier alpha value is -2.10. The van der Waals surface area contributed by atoms with Crippen molar-refractivity contribution in [3.8, 4) is 11.5 Å². The van der Waals surface area contributed by atoms with Gasteiger partial charge < -0.3 is 24.4 Å². The fourth-order valence-electron chi connectivity index (χ4n) is 2.13. The highest BCUT2D eigenvalue weighted by atomic mass is 32.2. The third-order valence-electron chi connectivity index (χ3n) is 3.38. The van der Waals surface area contributed by atoms with E-state index in [1.165, 1.54) is 26.4 Å². The molecule has 0 heterocycles. The van der Waals surface area contributed by atoms with E-state index in [2.05, 4.69) is 0 Å². The standard InChI is InChI=1S/C15H16NO8PS/c1-23-12-5-4-10(8-13(12)24-2)26-14-6-3-9(16(18)19)7-11(14)15(17)25(20,21)22/h3-8,15,17H,1-2H3,(H2,20,21,22). The van der Waals surface area contributed by atoms with E-state index >= 15 is 0 Å². The molecule has 0 aliphatic carbocycles. The van der Waals surface area contributed by atoms with Gasteiger partial charge >= 0.3 is 7.60 Å². The molecule has 2 rings (SSSR count). The van der Waals surface area contributed by atoms with Crippen LogP contribution in [0.4, 0.5) is 5.69 Å². The van der Waals surface area contributed by atoms with Crippen LogP contribution in [0.2, 0.25) is 0 Å². The Balaban J connectivity index is 2.49. The van der Waals surface area contributed by atoms with Crippen molar-refractivity contribution in [1.82, 2.24) is 0 Å². The summed E-state index contributed by atoms with van der Waals surface area (Å²) in [6.45, 7) is 0. The number of non-ortho nitro benzene ring substituents is 1. The molecule has 0 spiro atoms. The van der Waals surface area contributed by atoms with Crippen molar-refractivity contribution in [3.63, 3.8) is 0 Å². The van der Waals surface area contributed by atoms with Crippen LogP contribution in [0, 0.1) is 10.1 Å². The van der Waals surface area contributed by atoms with E-state index in [0.29, 0.717) is 16.4 Å². The van der Waals surface area contributed by atoms with Gasteiger partial charge in [-0.25, -0.2) is 0 Å². The van der Waals surface area contributed by atoms with Crippen LogP contribution >= 0.6 is 19.4 Å². The van der Waals surface area contributed by atoms with Gasteiger partial charge in [0.15, 0.2) is 17.3 Å². The number of nitro benzene ring substituents is 1. The summed E-state index contributed by atoms with van der Waals surface area (Å²) in [5.74, 6) is -1.24. The highest BCUT2D eigenvalue weighted by molar-refractivity contribution is 7.99. The molecule has 26 heavy (non-hydrogen) atoms. The number of ether oxygens (including phenoxy) is 2. The summed E-state index contributed by atoms with van der Waals surface area (Å²) >= 11 is 1.07. The van der Waals surface area contributed by atoms with E-state index in [0.717, 1.165) is 17.8 Å². The monoisotopic (exact) mass is 401 g/mol. The smallest absolute Gasteiger partial charge is 0.358 e. The number of aliphatic hydroxyl groups excluding tert-OH is 1. The average Bonchev–Trinajstić information content (AvgIpc) is 2.60. The van der Waals surface area contributed by atoms with Gasteiger partial charge in [0.1, 0.15) is 0 Å². The van der Waals surface area contributed by atoms with Crippen LogP contribution in [0.15, 0.2) is 46.2 Å². The molecular formula is C15H16NO8PS. The van der Waals surface area contributed by atoms with E-state index in [9.17, 15) is 29.6 Å². The molecule has 0 aliphatic rings. The van der Waals surface area contributed by atoms with Crippen molar-refractivity contribution in [3.05, 3.63) is 52.1 Å². The Labute approximate surface area is 152 Å². The highest BCUT2D eigenvalue weighted by Gasteiger charge is 2.31. The summed E-state index contributed by atoms with van der Waals surface area (Å²) in [5.41, 5.74) is -0.614. The fourth-order valence-corrected chi connectivity index (χ4v) is 3.78. The summed E-state index contributed by atoms with van der Waals surface area (Å²) in [4.78, 5) is 29.6. The first-order valence-corrected chi connectivity index (χ1v) is 9.58. The molecule has 0 bridgehead atoms. The van der Waals surface area contributed by atoms with E-state index in [1.54, 1.807) is 18.2 Å². The Morgan fingerprint density at radius 3 is 2.31 bits per heavy atom. The molecule has 0 amide bonds. The predicted molar refractivity (Wildman–Crippen MR) is 93.8 cm³/mol. The maximum atomic E-state index is 11.4. The van der Waals surface area contributed by atoms with Crippen molar-refractivity contribution in [2.45, 2.75) is 15.6 Å². The number of hydrogen-bond donors (Lipinski definition) is 3. The first-order chi connectivity index (χ1) is 12.2. The summed E-state index contributed by atoms with van der Waals surface area (Å²) < 4.78 is 21.8. The van der Waals surface area contributed by atoms with Crippen molar-refractivity contribution in [1.29, 1.82) is 0 Å². The third-order valence-corrected chi connectivity index (χ3v) is 5.38. The second-order valence-corrected chi connectivity index (χ2v) is 7.84. The molecule has 9 nitrogen and oxygen atoms in total. The molecule has 140 valence electrons. The van der Waals surface area contributed by atoms with Crippen LogP contribution in [0.1, 0.15) is 11.4 Å². The predicted octanol–water partition coefficient (Wildman–Crippen LogP) is 2.93. The van der Waals surface area contributed by atoms with Crippen LogP contribution in [0.3, 0.4) is 0 Å². The fraction of sp³-hybridized carbons (Fsp3) is 0.200. The number of rotatable bonds is 7. The average molecular weight is 401 g/mol. The number of nitrogens with zero attached hydrogens (tertiary/aromatic N) is 1. The van der Waals surface area contributed by atoms with Gasteiger partial charge in [0.25, 0.3) is 5.69 Å². The van der Waals surface area contributed by atoms with Crippen molar-refractivity contribution in [2.75, 3.05) is 14.2 Å². The molecule has 3 N–H and O–H groups in total. The minimum absolute atomic E-state index is 0.229. The first kappa shape index (κ1) is 20.2. The van der Waals surface area contributed by atoms with Crippen LogP contribution in [0.5, 0.6) is 11.5 Å². The molecule has 0 aliphatic heterocycles. The lowest BCUT2D eigenvalue weighted by Crippen LogP contribution is -2.02. The van der Waals surface area contributed by atoms with Gasteiger partial charge in [0, 0.05) is 27.5 Å². The Morgan fingerprint density at radius 1 is 1.12 bits per heavy atom. The maximum Gasteiger partial charge on any atom is 0.358 e. The van der Waals surface area contributed by atoms with Crippen LogP contribution in [0.25, 0.3) is 0 Å². The van der Waals surface area contributed by atoms with E-state index < -0.39 is 18.4 Å². The summed E-state index contributed by atoms with van der Waals surface area (Å²) in [6.07, 6.45) is 0. The highest BCUT2D eigenvalue weighted by Crippen LogP contribution is 2.53. The summed E-state index contributed by atoms with van der Waals surface area (Å²) in [5, 5.41) is 20.9. The van der Waals surface area contributed by atoms with Gasteiger partial charge in [-0.1, -0.05) is 11.8 Å². The molecule has 2 aromatic rings. The minimum Gasteiger partial charge on any atom is -0.493 e. The van der Waals surface area contributed by atoms with Gasteiger partial charge in [-0.05, 0) is 24.3 Å². The molecule has 2 aromatic carbocycles. The maximum absolute atomic E-state index is 11.4. The molecule has 0 saturated carbocycles. The second kappa shape index (κ2) is 8.07. The Kier molecular flexibility index (Phi) is 6.27. The zero-order valence-corrected chi connectivity index (χ0v) is 15.4. The zero-order chi connectivity index (χ0) is 19.5. The SMILES string of the molecule is COc1ccc(Sc2ccc([N+](=O)[O-])cc2C(O)P(=O)(O)O)cc1OC. The number of aliphatic hydroxyl groups is 1. The number of benzene rings is 2. The number of nitro groups is 1. The van der Waals surface area contributed by atoms with E-state index in [-0.39, 0.29) is 16.1 Å². The summed E-state index contributed by atoms with van der Waals surface area (Å²) in [7, 11) is -1.97. The van der Waals surface area contributed by atoms with Crippen LogP contribution in [-0.2, 0) is 4.57 Å². The van der Waals surface area contributed by atoms with E-state index in [4.69, 9.17) is 9.47 Å². The largest absolute Gasteiger partial charge is 0.493 e. The van der Waals surface area contributed by atoms with Crippen molar-refractivity contribution < 1.29 is 33.9 Å². The van der Waals surface area contributed by atoms with E-state index in [1.807, 2.05) is 0 Å². The Bertz CT molecular complexity index is 869. The normalized spacial score (nSPS) is 12.5. The molecule has 0 radical (unpaired) electrons.